The van der Waals surface area contributed by atoms with Gasteiger partial charge in [0.05, 0.1) is 5.70 Å². The summed E-state index contributed by atoms with van der Waals surface area (Å²) >= 11 is 0. The van der Waals surface area contributed by atoms with Gasteiger partial charge in [0.1, 0.15) is 0 Å². The van der Waals surface area contributed by atoms with Crippen molar-refractivity contribution in [3.8, 4) is 0 Å². The van der Waals surface area contributed by atoms with E-state index < -0.39 is 0 Å². The molecule has 1 aromatic carbocycles. The number of rotatable bonds is 4. The fraction of sp³-hybridized carbons (Fsp3) is 0.188. The normalized spacial score (nSPS) is 13.8. The van der Waals surface area contributed by atoms with E-state index in [1.54, 1.807) is 0 Å². The van der Waals surface area contributed by atoms with Crippen LogP contribution in [0.3, 0.4) is 0 Å². The first-order valence-corrected chi connectivity index (χ1v) is 5.84. The molecular weight excluding hydrogens is 206 g/mol. The molecule has 0 radical (unpaired) electrons. The number of benzene rings is 1. The van der Waals surface area contributed by atoms with Crippen LogP contribution in [0.2, 0.25) is 0 Å². The maximum atomic E-state index is 4.59. The molecule has 0 spiro atoms. The Morgan fingerprint density at radius 3 is 2.35 bits per heavy atom. The largest absolute Gasteiger partial charge is 0.253 e. The third-order valence-corrected chi connectivity index (χ3v) is 2.28. The first-order chi connectivity index (χ1) is 8.27. The number of aliphatic imine (C=N–C) groups is 1. The van der Waals surface area contributed by atoms with Crippen LogP contribution in [0, 0.1) is 0 Å². The molecule has 0 saturated carbocycles. The zero-order chi connectivity index (χ0) is 12.5. The van der Waals surface area contributed by atoms with Crippen LogP contribution in [-0.4, -0.2) is 5.71 Å². The highest BCUT2D eigenvalue weighted by Gasteiger charge is 1.96. The van der Waals surface area contributed by atoms with Gasteiger partial charge in [-0.2, -0.15) is 0 Å². The third-order valence-electron chi connectivity index (χ3n) is 2.28. The SMILES string of the molecule is C\C=C(/N=C(C)\C=C/C=C/C)c1ccccc1. The van der Waals surface area contributed by atoms with Crippen LogP contribution < -0.4 is 0 Å². The summed E-state index contributed by atoms with van der Waals surface area (Å²) < 4.78 is 0. The molecule has 0 fully saturated rings. The van der Waals surface area contributed by atoms with Crippen LogP contribution in [0.4, 0.5) is 0 Å². The molecule has 0 aliphatic rings. The maximum Gasteiger partial charge on any atom is 0.0662 e. The minimum atomic E-state index is 1.00. The van der Waals surface area contributed by atoms with Crippen molar-refractivity contribution < 1.29 is 0 Å². The topological polar surface area (TPSA) is 12.4 Å². The molecule has 0 bridgehead atoms. The number of nitrogens with zero attached hydrogens (tertiary/aromatic N) is 1. The van der Waals surface area contributed by atoms with Gasteiger partial charge in [0, 0.05) is 5.71 Å². The van der Waals surface area contributed by atoms with E-state index in [-0.39, 0.29) is 0 Å². The summed E-state index contributed by atoms with van der Waals surface area (Å²) in [5, 5.41) is 0. The molecule has 0 N–H and O–H groups in total. The molecule has 88 valence electrons. The molecule has 17 heavy (non-hydrogen) atoms. The predicted molar refractivity (Wildman–Crippen MR) is 77.2 cm³/mol. The summed E-state index contributed by atoms with van der Waals surface area (Å²) in [4.78, 5) is 4.59. The van der Waals surface area contributed by atoms with Gasteiger partial charge in [-0.3, -0.25) is 4.99 Å². The van der Waals surface area contributed by atoms with Gasteiger partial charge in [-0.1, -0.05) is 54.6 Å². The van der Waals surface area contributed by atoms with Gasteiger partial charge in [-0.05, 0) is 32.4 Å². The zero-order valence-corrected chi connectivity index (χ0v) is 10.7. The molecule has 0 amide bonds. The molecule has 1 aromatic rings. The van der Waals surface area contributed by atoms with Crippen molar-refractivity contribution in [2.75, 3.05) is 0 Å². The number of allylic oxidation sites excluding steroid dienone is 5. The molecule has 0 aliphatic carbocycles. The van der Waals surface area contributed by atoms with Crippen LogP contribution in [0.25, 0.3) is 5.70 Å². The highest BCUT2D eigenvalue weighted by molar-refractivity contribution is 5.96. The van der Waals surface area contributed by atoms with E-state index >= 15 is 0 Å². The van der Waals surface area contributed by atoms with Crippen LogP contribution in [0.5, 0.6) is 0 Å². The minimum Gasteiger partial charge on any atom is -0.253 e. The molecule has 1 nitrogen and oxygen atoms in total. The lowest BCUT2D eigenvalue weighted by Crippen LogP contribution is -1.87. The standard InChI is InChI=1S/C16H19N/c1-4-6-8-11-14(3)17-16(5-2)15-12-9-7-10-13-15/h4-13H,1-3H3/b6-4+,11-8-,16-5-,17-14-. The van der Waals surface area contributed by atoms with Crippen LogP contribution in [-0.2, 0) is 0 Å². The molecule has 1 rings (SSSR count). The molecule has 0 aliphatic heterocycles. The van der Waals surface area contributed by atoms with E-state index in [1.165, 1.54) is 0 Å². The van der Waals surface area contributed by atoms with Crippen molar-refractivity contribution in [1.29, 1.82) is 0 Å². The number of hydrogen-bond donors (Lipinski definition) is 0. The number of hydrogen-bond acceptors (Lipinski definition) is 1. The van der Waals surface area contributed by atoms with Crippen LogP contribution >= 0.6 is 0 Å². The first-order valence-electron chi connectivity index (χ1n) is 5.84. The Bertz CT molecular complexity index is 448. The second-order valence-electron chi connectivity index (χ2n) is 3.68. The van der Waals surface area contributed by atoms with Crippen LogP contribution in [0.1, 0.15) is 26.3 Å². The van der Waals surface area contributed by atoms with E-state index in [4.69, 9.17) is 0 Å². The van der Waals surface area contributed by atoms with Crippen LogP contribution in [0.15, 0.2) is 65.7 Å². The zero-order valence-electron chi connectivity index (χ0n) is 10.7. The Labute approximate surface area is 104 Å². The van der Waals surface area contributed by atoms with Crippen molar-refractivity contribution in [1.82, 2.24) is 0 Å². The van der Waals surface area contributed by atoms with E-state index in [9.17, 15) is 0 Å². The van der Waals surface area contributed by atoms with E-state index in [2.05, 4.69) is 17.1 Å². The van der Waals surface area contributed by atoms with E-state index in [1.807, 2.05) is 69.4 Å². The lowest BCUT2D eigenvalue weighted by Gasteiger charge is -2.01. The lowest BCUT2D eigenvalue weighted by molar-refractivity contribution is 1.47. The lowest BCUT2D eigenvalue weighted by atomic mass is 10.1. The summed E-state index contributed by atoms with van der Waals surface area (Å²) in [6.45, 7) is 6.01. The van der Waals surface area contributed by atoms with Gasteiger partial charge in [-0.25, -0.2) is 0 Å². The second-order valence-corrected chi connectivity index (χ2v) is 3.68. The highest BCUT2D eigenvalue weighted by Crippen LogP contribution is 2.15. The van der Waals surface area contributed by atoms with Crippen molar-refractivity contribution in [3.63, 3.8) is 0 Å². The van der Waals surface area contributed by atoms with Crippen molar-refractivity contribution in [3.05, 3.63) is 66.3 Å². The molecular formula is C16H19N. The van der Waals surface area contributed by atoms with Gasteiger partial charge in [0.2, 0.25) is 0 Å². The van der Waals surface area contributed by atoms with Crippen molar-refractivity contribution >= 4 is 11.4 Å². The van der Waals surface area contributed by atoms with Gasteiger partial charge in [0.15, 0.2) is 0 Å². The van der Waals surface area contributed by atoms with E-state index in [0.29, 0.717) is 0 Å². The van der Waals surface area contributed by atoms with Gasteiger partial charge >= 0.3 is 0 Å². The minimum absolute atomic E-state index is 1.00. The molecule has 0 saturated heterocycles. The average molecular weight is 225 g/mol. The first kappa shape index (κ1) is 13.2. The third kappa shape index (κ3) is 4.64. The summed E-state index contributed by atoms with van der Waals surface area (Å²) in [5.41, 5.74) is 3.15. The summed E-state index contributed by atoms with van der Waals surface area (Å²) in [6.07, 6.45) is 10.0. The Morgan fingerprint density at radius 2 is 1.76 bits per heavy atom. The average Bonchev–Trinajstić information content (AvgIpc) is 2.37. The molecule has 1 heteroatoms. The van der Waals surface area contributed by atoms with Crippen molar-refractivity contribution in [2.24, 2.45) is 4.99 Å². The highest BCUT2D eigenvalue weighted by atomic mass is 14.7. The second kappa shape index (κ2) is 7.39. The molecule has 0 unspecified atom stereocenters. The Balaban J connectivity index is 2.88. The molecule has 0 heterocycles. The Hall–Kier alpha value is -1.89. The Morgan fingerprint density at radius 1 is 1.06 bits per heavy atom. The van der Waals surface area contributed by atoms with Gasteiger partial charge < -0.3 is 0 Å². The fourth-order valence-electron chi connectivity index (χ4n) is 1.44. The molecule has 0 atom stereocenters. The predicted octanol–water partition coefficient (Wildman–Crippen LogP) is 4.64. The fourth-order valence-corrected chi connectivity index (χ4v) is 1.44. The summed E-state index contributed by atoms with van der Waals surface area (Å²) in [7, 11) is 0. The van der Waals surface area contributed by atoms with Crippen molar-refractivity contribution in [2.45, 2.75) is 20.8 Å². The quantitative estimate of drug-likeness (QED) is 0.523. The van der Waals surface area contributed by atoms with Gasteiger partial charge in [-0.15, -0.1) is 0 Å². The monoisotopic (exact) mass is 225 g/mol. The smallest absolute Gasteiger partial charge is 0.0662 e. The van der Waals surface area contributed by atoms with Gasteiger partial charge in [0.25, 0.3) is 0 Å². The Kier molecular flexibility index (Phi) is 5.73. The van der Waals surface area contributed by atoms with E-state index in [0.717, 1.165) is 17.0 Å². The molecule has 0 aromatic heterocycles. The summed E-state index contributed by atoms with van der Waals surface area (Å²) in [5.74, 6) is 0. The maximum absolute atomic E-state index is 4.59. The summed E-state index contributed by atoms with van der Waals surface area (Å²) in [6, 6.07) is 10.2.